The molecule has 30 heavy (non-hydrogen) atoms. The molecule has 0 amide bonds. The number of ether oxygens (including phenoxy) is 1. The SMILES string of the molecule is COC1CCC23Cc4ccc(-c5cc(Cl)cc(C#N)c5)cc4C24N=C(N)N(C)S34C1. The number of halogens is 1. The Kier molecular flexibility index (Phi) is 3.54. The minimum Gasteiger partial charge on any atom is -0.381 e. The van der Waals surface area contributed by atoms with Crippen molar-refractivity contribution in [3.05, 3.63) is 58.1 Å². The standard InChI is InChI=1S/C23H23ClN4OS/c1-28-21(26)27-23-20-10-15(17-7-14(12-25)8-18(24)9-17)3-4-16(20)11-22(23)6-5-19(29-2)13-30(22,23)28/h3-4,7-10,19H,5-6,11,13H2,1-2H3,(H2,26,27). The molecule has 6 rings (SSSR count). The molecule has 4 unspecified atom stereocenters. The zero-order valence-electron chi connectivity index (χ0n) is 17.0. The van der Waals surface area contributed by atoms with Gasteiger partial charge in [0.2, 0.25) is 5.96 Å². The summed E-state index contributed by atoms with van der Waals surface area (Å²) in [5.41, 5.74) is 11.7. The van der Waals surface area contributed by atoms with Crippen molar-refractivity contribution in [3.63, 3.8) is 0 Å². The van der Waals surface area contributed by atoms with Crippen LogP contribution in [0.4, 0.5) is 0 Å². The van der Waals surface area contributed by atoms with Gasteiger partial charge < -0.3 is 14.8 Å². The third kappa shape index (κ3) is 1.84. The van der Waals surface area contributed by atoms with Gasteiger partial charge in [0.05, 0.1) is 22.5 Å². The maximum Gasteiger partial charge on any atom is 0.201 e. The lowest BCUT2D eigenvalue weighted by atomic mass is 9.93. The minimum absolute atomic E-state index is 0.180. The second-order valence-electron chi connectivity index (χ2n) is 8.76. The van der Waals surface area contributed by atoms with E-state index in [0.717, 1.165) is 36.1 Å². The average Bonchev–Trinajstić information content (AvgIpc) is 2.98. The summed E-state index contributed by atoms with van der Waals surface area (Å²) in [6.07, 6.45) is 3.54. The van der Waals surface area contributed by atoms with Crippen LogP contribution >= 0.6 is 21.8 Å². The first-order valence-corrected chi connectivity index (χ1v) is 12.3. The Balaban J connectivity index is 1.53. The van der Waals surface area contributed by atoms with E-state index in [1.165, 1.54) is 11.1 Å². The number of fused-ring (bicyclic) bond motifs is 1. The van der Waals surface area contributed by atoms with Crippen LogP contribution in [0.3, 0.4) is 0 Å². The molecule has 154 valence electrons. The first-order chi connectivity index (χ1) is 14.4. The zero-order valence-corrected chi connectivity index (χ0v) is 18.6. The summed E-state index contributed by atoms with van der Waals surface area (Å²) in [6.45, 7) is 0. The predicted octanol–water partition coefficient (Wildman–Crippen LogP) is 4.13. The van der Waals surface area contributed by atoms with Crippen LogP contribution in [0.1, 0.15) is 29.5 Å². The fraction of sp³-hybridized carbons (Fsp3) is 0.391. The molecular weight excluding hydrogens is 416 g/mol. The first kappa shape index (κ1) is 18.6. The Morgan fingerprint density at radius 2 is 2.13 bits per heavy atom. The normalized spacial score (nSPS) is 37.2. The number of nitriles is 1. The van der Waals surface area contributed by atoms with Gasteiger partial charge in [-0.15, -0.1) is 10.2 Å². The Hall–Kier alpha value is -2.20. The Bertz CT molecular complexity index is 1190. The van der Waals surface area contributed by atoms with E-state index in [9.17, 15) is 5.26 Å². The lowest BCUT2D eigenvalue weighted by Gasteiger charge is -2.43. The topological polar surface area (TPSA) is 74.6 Å². The number of aliphatic imine (C=N–C) groups is 1. The van der Waals surface area contributed by atoms with Crippen LogP contribution in [0.25, 0.3) is 11.1 Å². The van der Waals surface area contributed by atoms with Gasteiger partial charge in [0.1, 0.15) is 0 Å². The molecule has 4 atom stereocenters. The highest BCUT2D eigenvalue weighted by Crippen LogP contribution is 3.01. The number of nitrogens with zero attached hydrogens (tertiary/aromatic N) is 3. The quantitative estimate of drug-likeness (QED) is 0.715. The van der Waals surface area contributed by atoms with Gasteiger partial charge in [-0.1, -0.05) is 23.7 Å². The van der Waals surface area contributed by atoms with E-state index in [4.69, 9.17) is 27.1 Å². The summed E-state index contributed by atoms with van der Waals surface area (Å²) in [6, 6.07) is 14.4. The van der Waals surface area contributed by atoms with Crippen LogP contribution in [-0.4, -0.2) is 41.0 Å². The molecule has 0 saturated carbocycles. The fourth-order valence-electron chi connectivity index (χ4n) is 6.44. The molecule has 0 aromatic heterocycles. The summed E-state index contributed by atoms with van der Waals surface area (Å²) in [4.78, 5) is 4.97. The van der Waals surface area contributed by atoms with E-state index in [0.29, 0.717) is 16.5 Å². The number of rotatable bonds is 2. The van der Waals surface area contributed by atoms with Gasteiger partial charge in [-0.25, -0.2) is 4.99 Å². The Morgan fingerprint density at radius 3 is 2.90 bits per heavy atom. The van der Waals surface area contributed by atoms with Gasteiger partial charge in [0.25, 0.3) is 0 Å². The van der Waals surface area contributed by atoms with Crippen molar-refractivity contribution < 1.29 is 4.74 Å². The molecule has 5 nitrogen and oxygen atoms in total. The van der Waals surface area contributed by atoms with Crippen molar-refractivity contribution in [2.75, 3.05) is 19.9 Å². The van der Waals surface area contributed by atoms with E-state index < -0.39 is 10.2 Å². The van der Waals surface area contributed by atoms with Crippen molar-refractivity contribution in [3.8, 4) is 17.2 Å². The molecule has 2 aromatic rings. The van der Waals surface area contributed by atoms with E-state index >= 15 is 0 Å². The maximum absolute atomic E-state index is 9.35. The number of hydrogen-bond donors (Lipinski definition) is 1. The van der Waals surface area contributed by atoms with Crippen molar-refractivity contribution in [1.29, 1.82) is 5.26 Å². The van der Waals surface area contributed by atoms with Crippen LogP contribution in [0.5, 0.6) is 0 Å². The molecule has 7 heteroatoms. The first-order valence-electron chi connectivity index (χ1n) is 10.2. The van der Waals surface area contributed by atoms with Crippen LogP contribution in [-0.2, 0) is 16.0 Å². The minimum atomic E-state index is -1.22. The highest BCUT2D eigenvalue weighted by Gasteiger charge is 2.92. The molecule has 2 aromatic carbocycles. The molecule has 2 N–H and O–H groups in total. The summed E-state index contributed by atoms with van der Waals surface area (Å²) in [5, 5.41) is 9.93. The third-order valence-corrected chi connectivity index (χ3v) is 13.3. The Morgan fingerprint density at radius 1 is 1.30 bits per heavy atom. The number of benzene rings is 2. The molecule has 0 bridgehead atoms. The van der Waals surface area contributed by atoms with Gasteiger partial charge in [0.15, 0.2) is 4.87 Å². The second-order valence-corrected chi connectivity index (χ2v) is 12.9. The number of guanidine groups is 1. The molecular formula is C23H23ClN4OS. The monoisotopic (exact) mass is 438 g/mol. The fourth-order valence-corrected chi connectivity index (χ4v) is 13.0. The predicted molar refractivity (Wildman–Crippen MR) is 122 cm³/mol. The zero-order chi connectivity index (χ0) is 20.9. The lowest BCUT2D eigenvalue weighted by molar-refractivity contribution is 0.106. The summed E-state index contributed by atoms with van der Waals surface area (Å²) < 4.78 is 8.30. The van der Waals surface area contributed by atoms with Gasteiger partial charge >= 0.3 is 0 Å². The van der Waals surface area contributed by atoms with Crippen LogP contribution < -0.4 is 5.73 Å². The summed E-state index contributed by atoms with van der Waals surface area (Å²) in [5.74, 6) is 1.69. The van der Waals surface area contributed by atoms with Gasteiger partial charge in [0, 0.05) is 24.9 Å². The number of nitrogens with two attached hydrogens (primary N) is 1. The molecule has 4 aliphatic rings. The van der Waals surface area contributed by atoms with Gasteiger partial charge in [-0.05, 0) is 65.8 Å². The van der Waals surface area contributed by atoms with Gasteiger partial charge in [-0.3, -0.25) is 0 Å². The van der Waals surface area contributed by atoms with Crippen molar-refractivity contribution >= 4 is 27.8 Å². The molecule has 3 aliphatic heterocycles. The van der Waals surface area contributed by atoms with E-state index in [2.05, 4.69) is 35.6 Å². The highest BCUT2D eigenvalue weighted by molar-refractivity contribution is 8.40. The molecule has 3 heterocycles. The van der Waals surface area contributed by atoms with E-state index in [1.54, 1.807) is 6.07 Å². The van der Waals surface area contributed by atoms with Gasteiger partial charge in [-0.2, -0.15) is 5.26 Å². The van der Waals surface area contributed by atoms with Crippen LogP contribution in [0.15, 0.2) is 41.4 Å². The van der Waals surface area contributed by atoms with Crippen molar-refractivity contribution in [2.24, 2.45) is 10.7 Å². The average molecular weight is 439 g/mol. The van der Waals surface area contributed by atoms with Crippen molar-refractivity contribution in [2.45, 2.75) is 35.0 Å². The van der Waals surface area contributed by atoms with Crippen LogP contribution in [0, 0.1) is 11.3 Å². The smallest absolute Gasteiger partial charge is 0.201 e. The molecule has 2 fully saturated rings. The maximum atomic E-state index is 9.35. The second kappa shape index (κ2) is 5.73. The Labute approximate surface area is 182 Å². The van der Waals surface area contributed by atoms with E-state index in [-0.39, 0.29) is 15.7 Å². The number of methoxy groups -OCH3 is 1. The van der Waals surface area contributed by atoms with Crippen LogP contribution in [0.2, 0.25) is 5.02 Å². The van der Waals surface area contributed by atoms with E-state index in [1.807, 2.05) is 19.2 Å². The third-order valence-electron chi connectivity index (χ3n) is 7.71. The summed E-state index contributed by atoms with van der Waals surface area (Å²) >= 11 is 6.28. The lowest BCUT2D eigenvalue weighted by Crippen LogP contribution is -2.41. The number of hydrogen-bond acceptors (Lipinski definition) is 5. The summed E-state index contributed by atoms with van der Waals surface area (Å²) in [7, 11) is 2.72. The molecule has 3 spiro atoms. The van der Waals surface area contributed by atoms with Crippen molar-refractivity contribution in [1.82, 2.24) is 4.31 Å². The molecule has 2 saturated heterocycles. The highest BCUT2D eigenvalue weighted by atomic mass is 35.5. The molecule has 1 aliphatic carbocycles. The largest absolute Gasteiger partial charge is 0.381 e. The molecule has 0 radical (unpaired) electrons.